The molecule has 2 aromatic heterocycles. The lowest BCUT2D eigenvalue weighted by atomic mass is 10.1. The minimum absolute atomic E-state index is 1.14. The van der Waals surface area contributed by atoms with E-state index in [1.807, 2.05) is 12.1 Å². The highest BCUT2D eigenvalue weighted by Crippen LogP contribution is 2.21. The van der Waals surface area contributed by atoms with Crippen LogP contribution in [0.2, 0.25) is 0 Å². The van der Waals surface area contributed by atoms with Gasteiger partial charge in [0, 0.05) is 48.5 Å². The first-order chi connectivity index (χ1) is 17.8. The molecule has 0 N–H and O–H groups in total. The molecule has 4 aromatic carbocycles. The average Bonchev–Trinajstić information content (AvgIpc) is 2.98. The third-order valence-corrected chi connectivity index (χ3v) is 6.54. The third kappa shape index (κ3) is 4.57. The molecular weight excluding hydrogens is 436 g/mol. The topological polar surface area (TPSA) is 7.76 Å². The predicted octanol–water partition coefficient (Wildman–Crippen LogP) is 7.24. The van der Waals surface area contributed by atoms with Crippen LogP contribution in [0.25, 0.3) is 44.8 Å². The summed E-state index contributed by atoms with van der Waals surface area (Å²) in [4.78, 5) is 0. The van der Waals surface area contributed by atoms with Crippen LogP contribution in [0, 0.1) is 0 Å². The van der Waals surface area contributed by atoms with Crippen molar-refractivity contribution in [3.63, 3.8) is 0 Å². The third-order valence-electron chi connectivity index (χ3n) is 6.54. The fourth-order valence-electron chi connectivity index (χ4n) is 4.50. The molecule has 0 saturated carbocycles. The second kappa shape index (κ2) is 9.81. The van der Waals surface area contributed by atoms with Crippen LogP contribution in [-0.2, 0) is 0 Å². The van der Waals surface area contributed by atoms with Gasteiger partial charge in [0.05, 0.1) is 0 Å². The molecule has 0 atom stereocenters. The Morgan fingerprint density at radius 2 is 0.528 bits per heavy atom. The number of rotatable bonds is 5. The van der Waals surface area contributed by atoms with Crippen LogP contribution in [-0.4, -0.2) is 0 Å². The van der Waals surface area contributed by atoms with Crippen LogP contribution < -0.4 is 9.13 Å². The van der Waals surface area contributed by atoms with E-state index in [-0.39, 0.29) is 0 Å². The van der Waals surface area contributed by atoms with Crippen molar-refractivity contribution in [3.8, 4) is 44.8 Å². The zero-order valence-corrected chi connectivity index (χ0v) is 19.9. The van der Waals surface area contributed by atoms with Gasteiger partial charge in [-0.25, -0.2) is 0 Å². The molecule has 6 rings (SSSR count). The zero-order valence-electron chi connectivity index (χ0n) is 19.9. The van der Waals surface area contributed by atoms with Gasteiger partial charge in [-0.2, -0.15) is 9.13 Å². The first-order valence-electron chi connectivity index (χ1n) is 12.2. The molecule has 2 heteroatoms. The largest absolute Gasteiger partial charge is 0.210 e. The molecule has 0 fully saturated rings. The number of benzene rings is 4. The highest BCUT2D eigenvalue weighted by atomic mass is 14.9. The lowest BCUT2D eigenvalue weighted by Gasteiger charge is -2.04. The Labute approximate surface area is 212 Å². The molecule has 2 heterocycles. The van der Waals surface area contributed by atoms with Gasteiger partial charge in [0.25, 0.3) is 0 Å². The predicted molar refractivity (Wildman–Crippen MR) is 146 cm³/mol. The lowest BCUT2D eigenvalue weighted by Crippen LogP contribution is -2.29. The first kappa shape index (κ1) is 21.7. The smallest absolute Gasteiger partial charge is 0.167 e. The molecule has 0 saturated heterocycles. The van der Waals surface area contributed by atoms with E-state index < -0.39 is 0 Å². The Morgan fingerprint density at radius 3 is 0.861 bits per heavy atom. The van der Waals surface area contributed by atoms with Gasteiger partial charge >= 0.3 is 0 Å². The number of nitrogens with zero attached hydrogens (tertiary/aromatic N) is 2. The molecule has 0 amide bonds. The van der Waals surface area contributed by atoms with E-state index in [1.165, 1.54) is 33.4 Å². The second-order valence-corrected chi connectivity index (χ2v) is 8.81. The normalized spacial score (nSPS) is 10.8. The fraction of sp³-hybridized carbons (Fsp3) is 0. The molecule has 0 unspecified atom stereocenters. The average molecular weight is 463 g/mol. The Morgan fingerprint density at radius 1 is 0.250 bits per heavy atom. The zero-order chi connectivity index (χ0) is 24.2. The molecule has 0 aliphatic rings. The van der Waals surface area contributed by atoms with Gasteiger partial charge in [-0.1, -0.05) is 60.7 Å². The second-order valence-electron chi connectivity index (χ2n) is 8.81. The van der Waals surface area contributed by atoms with Crippen LogP contribution in [0.15, 0.2) is 158 Å². The molecule has 0 bridgehead atoms. The van der Waals surface area contributed by atoms with E-state index >= 15 is 0 Å². The van der Waals surface area contributed by atoms with Crippen LogP contribution in [0.3, 0.4) is 0 Å². The van der Waals surface area contributed by atoms with E-state index in [0.29, 0.717) is 0 Å². The molecule has 6 aromatic rings. The maximum absolute atomic E-state index is 2.17. The molecule has 170 valence electrons. The van der Waals surface area contributed by atoms with Crippen molar-refractivity contribution in [2.75, 3.05) is 0 Å². The summed E-state index contributed by atoms with van der Waals surface area (Å²) in [5, 5.41) is 0. The van der Waals surface area contributed by atoms with Crippen molar-refractivity contribution in [1.82, 2.24) is 0 Å². The quantitative estimate of drug-likeness (QED) is 0.239. The standard InChI is InChI=1S/C34H26N2/c1-3-7-27(8-4-1)29-11-15-33(16-12-29)35-23-19-31(20-24-35)32-21-25-36(26-22-32)34-17-13-30(14-18-34)28-9-5-2-6-10-28/h1-26H/q+2. The van der Waals surface area contributed by atoms with Crippen LogP contribution in [0.4, 0.5) is 0 Å². The SMILES string of the molecule is c1ccc(-c2ccc(-[n+]3ccc(-c4cc[n+](-c5ccc(-c6ccccc6)cc5)cc4)cc3)cc2)cc1. The number of hydrogen-bond donors (Lipinski definition) is 0. The monoisotopic (exact) mass is 462 g/mol. The molecule has 36 heavy (non-hydrogen) atoms. The van der Waals surface area contributed by atoms with Crippen LogP contribution >= 0.6 is 0 Å². The summed E-state index contributed by atoms with van der Waals surface area (Å²) in [7, 11) is 0. The van der Waals surface area contributed by atoms with Gasteiger partial charge in [0.2, 0.25) is 11.4 Å². The first-order valence-corrected chi connectivity index (χ1v) is 12.2. The van der Waals surface area contributed by atoms with Crippen LogP contribution in [0.5, 0.6) is 0 Å². The molecule has 0 radical (unpaired) electrons. The number of aromatic nitrogens is 2. The maximum Gasteiger partial charge on any atom is 0.210 e. The number of pyridine rings is 2. The summed E-state index contributed by atoms with van der Waals surface area (Å²) in [5.74, 6) is 0. The Hall–Kier alpha value is -4.82. The molecule has 0 spiro atoms. The minimum Gasteiger partial charge on any atom is -0.167 e. The van der Waals surface area contributed by atoms with E-state index in [1.54, 1.807) is 0 Å². The van der Waals surface area contributed by atoms with Crippen molar-refractivity contribution < 1.29 is 9.13 Å². The highest BCUT2D eigenvalue weighted by Gasteiger charge is 2.10. The van der Waals surface area contributed by atoms with Crippen molar-refractivity contribution in [1.29, 1.82) is 0 Å². The van der Waals surface area contributed by atoms with Gasteiger partial charge in [-0.15, -0.1) is 0 Å². The Kier molecular flexibility index (Phi) is 5.91. The van der Waals surface area contributed by atoms with Gasteiger partial charge in [-0.3, -0.25) is 0 Å². The summed E-state index contributed by atoms with van der Waals surface area (Å²) in [6.07, 6.45) is 8.48. The van der Waals surface area contributed by atoms with Crippen molar-refractivity contribution in [2.24, 2.45) is 0 Å². The van der Waals surface area contributed by atoms with Crippen LogP contribution in [0.1, 0.15) is 0 Å². The van der Waals surface area contributed by atoms with Gasteiger partial charge < -0.3 is 0 Å². The minimum atomic E-state index is 1.14. The molecule has 0 aliphatic carbocycles. The van der Waals surface area contributed by atoms with Crippen molar-refractivity contribution in [3.05, 3.63) is 158 Å². The maximum atomic E-state index is 2.17. The number of hydrogen-bond acceptors (Lipinski definition) is 0. The summed E-state index contributed by atoms with van der Waals surface area (Å²) in [5.41, 5.74) is 9.60. The Bertz CT molecular complexity index is 1430. The van der Waals surface area contributed by atoms with E-state index in [4.69, 9.17) is 0 Å². The van der Waals surface area contributed by atoms with Gasteiger partial charge in [0.1, 0.15) is 0 Å². The molecule has 0 aliphatic heterocycles. The molecular formula is C34H26N2+2. The Balaban J connectivity index is 1.17. The fourth-order valence-corrected chi connectivity index (χ4v) is 4.50. The van der Waals surface area contributed by atoms with Gasteiger partial charge in [-0.05, 0) is 57.6 Å². The van der Waals surface area contributed by atoms with E-state index in [0.717, 1.165) is 11.4 Å². The summed E-state index contributed by atoms with van der Waals surface area (Å²) < 4.78 is 4.30. The van der Waals surface area contributed by atoms with Crippen molar-refractivity contribution >= 4 is 0 Å². The highest BCUT2D eigenvalue weighted by molar-refractivity contribution is 5.65. The van der Waals surface area contributed by atoms with Crippen molar-refractivity contribution in [2.45, 2.75) is 0 Å². The van der Waals surface area contributed by atoms with Gasteiger partial charge in [0.15, 0.2) is 24.8 Å². The lowest BCUT2D eigenvalue weighted by molar-refractivity contribution is -0.596. The molecule has 2 nitrogen and oxygen atoms in total. The van der Waals surface area contributed by atoms with E-state index in [9.17, 15) is 0 Å². The summed E-state index contributed by atoms with van der Waals surface area (Å²) in [6.45, 7) is 0. The van der Waals surface area contributed by atoms with E-state index in [2.05, 4.69) is 155 Å². The summed E-state index contributed by atoms with van der Waals surface area (Å²) in [6, 6.07) is 47.0. The summed E-state index contributed by atoms with van der Waals surface area (Å²) >= 11 is 0.